The first-order chi connectivity index (χ1) is 14.5. The minimum Gasteiger partial charge on any atom is -0.436 e. The van der Waals surface area contributed by atoms with Crippen LogP contribution in [-0.2, 0) is 15.7 Å². The molecule has 0 bridgehead atoms. The molecule has 2 saturated heterocycles. The number of halogens is 5. The van der Waals surface area contributed by atoms with Crippen LogP contribution in [0.25, 0.3) is 5.65 Å². The standard InChI is InChI=1S/C18H15BrClF3N4O4/c1-8-15(28)27(17(30)31-8)10-2-4-25(5-3-10)16(29)12-13(20)26-7-9(19)6-11(14(26)24-12)18(21,22)23/h6-8,10H,2-5H2,1H3. The third-order valence-electron chi connectivity index (χ3n) is 5.31. The van der Waals surface area contributed by atoms with Crippen molar-refractivity contribution in [3.63, 3.8) is 0 Å². The van der Waals surface area contributed by atoms with Gasteiger partial charge in [-0.3, -0.25) is 14.0 Å². The molecule has 1 atom stereocenters. The summed E-state index contributed by atoms with van der Waals surface area (Å²) in [5, 5.41) is -0.235. The highest BCUT2D eigenvalue weighted by molar-refractivity contribution is 9.10. The fourth-order valence-electron chi connectivity index (χ4n) is 3.78. The van der Waals surface area contributed by atoms with E-state index in [0.29, 0.717) is 12.8 Å². The Kier molecular flexibility index (Phi) is 5.41. The minimum absolute atomic E-state index is 0.128. The van der Waals surface area contributed by atoms with Gasteiger partial charge < -0.3 is 9.64 Å². The van der Waals surface area contributed by atoms with E-state index in [2.05, 4.69) is 20.9 Å². The Hall–Kier alpha value is -2.34. The molecule has 2 aromatic rings. The molecule has 2 aromatic heterocycles. The summed E-state index contributed by atoms with van der Waals surface area (Å²) in [7, 11) is 0. The van der Waals surface area contributed by atoms with Gasteiger partial charge in [0.25, 0.3) is 11.8 Å². The molecular formula is C18H15BrClF3N4O4. The number of amides is 3. The molecule has 0 N–H and O–H groups in total. The van der Waals surface area contributed by atoms with Crippen LogP contribution >= 0.6 is 27.5 Å². The van der Waals surface area contributed by atoms with Gasteiger partial charge in [-0.25, -0.2) is 14.7 Å². The van der Waals surface area contributed by atoms with Crippen LogP contribution in [0.2, 0.25) is 5.15 Å². The smallest absolute Gasteiger partial charge is 0.420 e. The molecule has 2 fully saturated rings. The Morgan fingerprint density at radius 3 is 2.48 bits per heavy atom. The van der Waals surface area contributed by atoms with Crippen molar-refractivity contribution in [3.8, 4) is 0 Å². The Morgan fingerprint density at radius 1 is 1.29 bits per heavy atom. The van der Waals surface area contributed by atoms with E-state index in [1.807, 2.05) is 0 Å². The van der Waals surface area contributed by atoms with Crippen molar-refractivity contribution in [2.75, 3.05) is 13.1 Å². The number of hydrogen-bond donors (Lipinski definition) is 0. The van der Waals surface area contributed by atoms with E-state index < -0.39 is 47.4 Å². The highest BCUT2D eigenvalue weighted by atomic mass is 79.9. The summed E-state index contributed by atoms with van der Waals surface area (Å²) in [6.45, 7) is 1.84. The molecule has 0 aromatic carbocycles. The van der Waals surface area contributed by atoms with Crippen molar-refractivity contribution in [2.45, 2.75) is 38.1 Å². The first-order valence-electron chi connectivity index (χ1n) is 9.26. The van der Waals surface area contributed by atoms with Gasteiger partial charge in [0.05, 0.1) is 5.56 Å². The van der Waals surface area contributed by atoms with Gasteiger partial charge in [0, 0.05) is 29.8 Å². The third-order valence-corrected chi connectivity index (χ3v) is 6.11. The first-order valence-corrected chi connectivity index (χ1v) is 10.4. The molecule has 31 heavy (non-hydrogen) atoms. The van der Waals surface area contributed by atoms with Gasteiger partial charge in [-0.2, -0.15) is 13.2 Å². The van der Waals surface area contributed by atoms with Crippen molar-refractivity contribution in [1.82, 2.24) is 19.2 Å². The summed E-state index contributed by atoms with van der Waals surface area (Å²) >= 11 is 9.22. The number of fused-ring (bicyclic) bond motifs is 1. The molecule has 8 nitrogen and oxygen atoms in total. The second-order valence-corrected chi connectivity index (χ2v) is 8.55. The zero-order valence-corrected chi connectivity index (χ0v) is 18.3. The van der Waals surface area contributed by atoms with Gasteiger partial charge in [-0.15, -0.1) is 0 Å². The number of imidazole rings is 1. The highest BCUT2D eigenvalue weighted by Gasteiger charge is 2.43. The van der Waals surface area contributed by atoms with Crippen LogP contribution in [0.3, 0.4) is 0 Å². The predicted molar refractivity (Wildman–Crippen MR) is 105 cm³/mol. The molecule has 2 aliphatic heterocycles. The van der Waals surface area contributed by atoms with Gasteiger partial charge >= 0.3 is 12.3 Å². The van der Waals surface area contributed by atoms with Crippen LogP contribution in [0.15, 0.2) is 16.7 Å². The van der Waals surface area contributed by atoms with Crippen LogP contribution in [-0.4, -0.2) is 62.3 Å². The van der Waals surface area contributed by atoms with Crippen molar-refractivity contribution in [1.29, 1.82) is 0 Å². The molecule has 0 aliphatic carbocycles. The number of imide groups is 1. The molecule has 3 amide bonds. The molecule has 13 heteroatoms. The lowest BCUT2D eigenvalue weighted by atomic mass is 10.0. The lowest BCUT2D eigenvalue weighted by Gasteiger charge is -2.34. The van der Waals surface area contributed by atoms with Crippen LogP contribution in [0.5, 0.6) is 0 Å². The normalized spacial score (nSPS) is 20.6. The topological polar surface area (TPSA) is 84.2 Å². The predicted octanol–water partition coefficient (Wildman–Crippen LogP) is 3.74. The highest BCUT2D eigenvalue weighted by Crippen LogP contribution is 2.36. The summed E-state index contributed by atoms with van der Waals surface area (Å²) in [6, 6.07) is 0.448. The van der Waals surface area contributed by atoms with Crippen LogP contribution in [0.1, 0.15) is 35.8 Å². The second kappa shape index (κ2) is 7.66. The Balaban J connectivity index is 1.57. The number of carbonyl (C=O) groups excluding carboxylic acids is 3. The number of pyridine rings is 1. The summed E-state index contributed by atoms with van der Waals surface area (Å²) in [5.74, 6) is -1.05. The van der Waals surface area contributed by atoms with E-state index >= 15 is 0 Å². The van der Waals surface area contributed by atoms with E-state index in [-0.39, 0.29) is 28.4 Å². The van der Waals surface area contributed by atoms with E-state index in [1.54, 1.807) is 0 Å². The number of alkyl halides is 3. The molecule has 1 unspecified atom stereocenters. The number of piperidine rings is 1. The number of hydrogen-bond acceptors (Lipinski definition) is 5. The molecule has 0 saturated carbocycles. The van der Waals surface area contributed by atoms with Gasteiger partial charge in [0.15, 0.2) is 17.4 Å². The van der Waals surface area contributed by atoms with Crippen molar-refractivity contribution < 1.29 is 32.3 Å². The fourth-order valence-corrected chi connectivity index (χ4v) is 4.46. The number of nitrogens with zero attached hydrogens (tertiary/aromatic N) is 4. The maximum Gasteiger partial charge on any atom is 0.420 e. The van der Waals surface area contributed by atoms with Crippen molar-refractivity contribution in [2.24, 2.45) is 0 Å². The lowest BCUT2D eigenvalue weighted by molar-refractivity contribution is -0.136. The fraction of sp³-hybridized carbons (Fsp3) is 0.444. The number of aromatic nitrogens is 2. The largest absolute Gasteiger partial charge is 0.436 e. The molecule has 2 aliphatic rings. The summed E-state index contributed by atoms with van der Waals surface area (Å²) < 4.78 is 46.2. The minimum atomic E-state index is -4.69. The molecule has 4 rings (SSSR count). The van der Waals surface area contributed by atoms with Gasteiger partial charge in [-0.05, 0) is 41.8 Å². The summed E-state index contributed by atoms with van der Waals surface area (Å²) in [5.41, 5.74) is -1.80. The monoisotopic (exact) mass is 522 g/mol. The first kappa shape index (κ1) is 21.9. The van der Waals surface area contributed by atoms with Gasteiger partial charge in [0.2, 0.25) is 0 Å². The van der Waals surface area contributed by atoms with E-state index in [9.17, 15) is 27.6 Å². The van der Waals surface area contributed by atoms with E-state index in [1.165, 1.54) is 18.0 Å². The molecule has 4 heterocycles. The average molecular weight is 524 g/mol. The maximum absolute atomic E-state index is 13.4. The number of cyclic esters (lactones) is 1. The van der Waals surface area contributed by atoms with Crippen LogP contribution in [0, 0.1) is 0 Å². The zero-order chi connectivity index (χ0) is 22.7. The van der Waals surface area contributed by atoms with Crippen LogP contribution < -0.4 is 0 Å². The number of ether oxygens (including phenoxy) is 1. The van der Waals surface area contributed by atoms with Crippen molar-refractivity contribution in [3.05, 3.63) is 33.1 Å². The third kappa shape index (κ3) is 3.75. The van der Waals surface area contributed by atoms with E-state index in [0.717, 1.165) is 15.4 Å². The van der Waals surface area contributed by atoms with E-state index in [4.69, 9.17) is 16.3 Å². The molecular weight excluding hydrogens is 509 g/mol. The van der Waals surface area contributed by atoms with Crippen molar-refractivity contribution >= 4 is 51.1 Å². The van der Waals surface area contributed by atoms with Gasteiger partial charge in [-0.1, -0.05) is 11.6 Å². The second-order valence-electron chi connectivity index (χ2n) is 7.27. The lowest BCUT2D eigenvalue weighted by Crippen LogP contribution is -2.49. The summed E-state index contributed by atoms with van der Waals surface area (Å²) in [6.07, 6.45) is -4.32. The maximum atomic E-state index is 13.4. The quantitative estimate of drug-likeness (QED) is 0.599. The molecule has 0 radical (unpaired) electrons. The zero-order valence-electron chi connectivity index (χ0n) is 15.9. The van der Waals surface area contributed by atoms with Gasteiger partial charge in [0.1, 0.15) is 5.15 Å². The number of rotatable bonds is 2. The summed E-state index contributed by atoms with van der Waals surface area (Å²) in [4.78, 5) is 43.3. The molecule has 0 spiro atoms. The number of carbonyl (C=O) groups is 3. The van der Waals surface area contributed by atoms with Crippen LogP contribution in [0.4, 0.5) is 18.0 Å². The SMILES string of the molecule is CC1OC(=O)N(C2CCN(C(=O)c3nc4c(C(F)(F)F)cc(Br)cn4c3Cl)CC2)C1=O. The number of likely N-dealkylation sites (tertiary alicyclic amines) is 1. The Bertz CT molecular complexity index is 1100. The Labute approximate surface area is 187 Å². The molecule has 166 valence electrons. The average Bonchev–Trinajstić information content (AvgIpc) is 3.16. The Morgan fingerprint density at radius 2 is 1.94 bits per heavy atom.